The number of rotatable bonds is 6. The van der Waals surface area contributed by atoms with Gasteiger partial charge >= 0.3 is 12.4 Å². The predicted octanol–water partition coefficient (Wildman–Crippen LogP) is 6.34. The van der Waals surface area contributed by atoms with Gasteiger partial charge in [0.05, 0.1) is 12.7 Å². The molecule has 31 heavy (non-hydrogen) atoms. The first-order valence-corrected chi connectivity index (χ1v) is 10.8. The molecule has 2 fully saturated rings. The summed E-state index contributed by atoms with van der Waals surface area (Å²) >= 11 is 0. The van der Waals surface area contributed by atoms with Gasteiger partial charge < -0.3 is 14.6 Å². The van der Waals surface area contributed by atoms with E-state index in [4.69, 9.17) is 9.47 Å². The summed E-state index contributed by atoms with van der Waals surface area (Å²) in [7, 11) is 0. The van der Waals surface area contributed by atoms with E-state index in [0.29, 0.717) is 17.8 Å². The fourth-order valence-corrected chi connectivity index (χ4v) is 5.99. The monoisotopic (exact) mass is 462 g/mol. The third-order valence-corrected chi connectivity index (χ3v) is 7.06. The van der Waals surface area contributed by atoms with E-state index in [9.17, 15) is 31.4 Å². The maximum absolute atomic E-state index is 12.8. The molecule has 0 heterocycles. The van der Waals surface area contributed by atoms with Gasteiger partial charge in [-0.05, 0) is 54.3 Å². The van der Waals surface area contributed by atoms with Crippen molar-refractivity contribution in [3.63, 3.8) is 0 Å². The van der Waals surface area contributed by atoms with E-state index < -0.39 is 37.3 Å². The molecule has 2 aliphatic carbocycles. The van der Waals surface area contributed by atoms with E-state index in [0.717, 1.165) is 12.8 Å². The zero-order valence-corrected chi connectivity index (χ0v) is 19.3. The fraction of sp³-hybridized carbons (Fsp3) is 1.00. The second kappa shape index (κ2) is 8.35. The summed E-state index contributed by atoms with van der Waals surface area (Å²) in [4.78, 5) is 0. The summed E-state index contributed by atoms with van der Waals surface area (Å²) in [6, 6.07) is 0. The Morgan fingerprint density at radius 2 is 1.32 bits per heavy atom. The van der Waals surface area contributed by atoms with Crippen molar-refractivity contribution in [2.45, 2.75) is 98.1 Å². The van der Waals surface area contributed by atoms with Crippen molar-refractivity contribution in [1.29, 1.82) is 0 Å². The minimum Gasteiger partial charge on any atom is -0.374 e. The predicted molar refractivity (Wildman–Crippen MR) is 104 cm³/mol. The molecule has 9 heteroatoms. The lowest BCUT2D eigenvalue weighted by Gasteiger charge is -2.48. The Bertz CT molecular complexity index is 603. The van der Waals surface area contributed by atoms with Crippen LogP contribution in [0.3, 0.4) is 0 Å². The van der Waals surface area contributed by atoms with Gasteiger partial charge in [0.25, 0.3) is 5.60 Å². The third-order valence-electron chi connectivity index (χ3n) is 7.06. The van der Waals surface area contributed by atoms with Crippen LogP contribution in [-0.2, 0) is 9.47 Å². The van der Waals surface area contributed by atoms with E-state index in [1.807, 2.05) is 0 Å². The zero-order valence-electron chi connectivity index (χ0n) is 19.3. The largest absolute Gasteiger partial charge is 0.426 e. The number of alkyl halides is 6. The number of fused-ring (bicyclic) bond motifs is 2. The number of hydrogen-bond donors (Lipinski definition) is 1. The minimum absolute atomic E-state index is 0.0411. The Hall–Kier alpha value is -0.540. The minimum atomic E-state index is -5.84. The SMILES string of the molecule is CC(OCCC(O)(C(F)(F)F)C(F)(F)F)OC1CC2CC1C(C(C)(C)C)C2C(C)(C)C. The van der Waals surface area contributed by atoms with E-state index in [1.165, 1.54) is 6.92 Å². The van der Waals surface area contributed by atoms with Crippen LogP contribution in [0.25, 0.3) is 0 Å². The molecule has 2 aliphatic rings. The van der Waals surface area contributed by atoms with Gasteiger partial charge in [-0.2, -0.15) is 26.3 Å². The molecule has 1 N–H and O–H groups in total. The van der Waals surface area contributed by atoms with Gasteiger partial charge in [-0.3, -0.25) is 0 Å². The van der Waals surface area contributed by atoms with Crippen molar-refractivity contribution >= 4 is 0 Å². The number of aliphatic hydroxyl groups is 1. The van der Waals surface area contributed by atoms with Crippen LogP contribution in [0, 0.1) is 34.5 Å². The van der Waals surface area contributed by atoms with Gasteiger partial charge in [0.1, 0.15) is 0 Å². The molecular weight excluding hydrogens is 426 g/mol. The van der Waals surface area contributed by atoms with Crippen LogP contribution in [0.4, 0.5) is 26.3 Å². The van der Waals surface area contributed by atoms with Crippen molar-refractivity contribution in [2.24, 2.45) is 34.5 Å². The average molecular weight is 463 g/mol. The Kier molecular flexibility index (Phi) is 7.19. The molecule has 2 saturated carbocycles. The highest BCUT2D eigenvalue weighted by atomic mass is 19.4. The van der Waals surface area contributed by atoms with Crippen LogP contribution in [0.5, 0.6) is 0 Å². The Labute approximate surface area is 180 Å². The van der Waals surface area contributed by atoms with E-state index in [1.54, 1.807) is 0 Å². The normalized spacial score (nSPS) is 31.4. The Morgan fingerprint density at radius 1 is 0.839 bits per heavy atom. The third kappa shape index (κ3) is 5.35. The maximum atomic E-state index is 12.8. The molecule has 3 nitrogen and oxygen atoms in total. The van der Waals surface area contributed by atoms with Crippen molar-refractivity contribution in [3.05, 3.63) is 0 Å². The molecule has 0 aromatic rings. The molecule has 0 aromatic carbocycles. The maximum Gasteiger partial charge on any atom is 0.426 e. The van der Waals surface area contributed by atoms with Crippen LogP contribution in [0.1, 0.15) is 67.7 Å². The first kappa shape index (κ1) is 26.7. The highest BCUT2D eigenvalue weighted by molar-refractivity contribution is 5.07. The number of halogens is 6. The van der Waals surface area contributed by atoms with Gasteiger partial charge in [-0.1, -0.05) is 41.5 Å². The van der Waals surface area contributed by atoms with Gasteiger partial charge in [-0.25, -0.2) is 0 Å². The van der Waals surface area contributed by atoms with E-state index in [-0.39, 0.29) is 22.9 Å². The zero-order chi connectivity index (χ0) is 24.2. The highest BCUT2D eigenvalue weighted by Gasteiger charge is 2.70. The van der Waals surface area contributed by atoms with Crippen LogP contribution in [0.15, 0.2) is 0 Å². The van der Waals surface area contributed by atoms with Gasteiger partial charge in [0.15, 0.2) is 6.29 Å². The molecule has 184 valence electrons. The van der Waals surface area contributed by atoms with Crippen LogP contribution in [-0.4, -0.2) is 42.1 Å². The molecular formula is C22H36F6O3. The summed E-state index contributed by atoms with van der Waals surface area (Å²) in [5, 5.41) is 9.23. The van der Waals surface area contributed by atoms with Crippen molar-refractivity contribution in [2.75, 3.05) is 6.61 Å². The van der Waals surface area contributed by atoms with Gasteiger partial charge in [-0.15, -0.1) is 0 Å². The van der Waals surface area contributed by atoms with Crippen LogP contribution in [0.2, 0.25) is 0 Å². The first-order chi connectivity index (χ1) is 13.7. The molecule has 0 spiro atoms. The molecule has 0 amide bonds. The topological polar surface area (TPSA) is 38.7 Å². The Balaban J connectivity index is 1.99. The Morgan fingerprint density at radius 3 is 1.74 bits per heavy atom. The molecule has 0 radical (unpaired) electrons. The standard InChI is InChI=1S/C22H36F6O3/c1-12(30-9-8-20(29,21(23,24)25)22(26,27)28)31-15-11-13-10-14(15)17(19(5,6)7)16(13)18(2,3)4/h12-17,29H,8-11H2,1-7H3. The average Bonchev–Trinajstić information content (AvgIpc) is 3.09. The van der Waals surface area contributed by atoms with Crippen molar-refractivity contribution < 1.29 is 40.9 Å². The van der Waals surface area contributed by atoms with Crippen molar-refractivity contribution in [3.8, 4) is 0 Å². The van der Waals surface area contributed by atoms with Gasteiger partial charge in [0.2, 0.25) is 0 Å². The van der Waals surface area contributed by atoms with E-state index >= 15 is 0 Å². The lowest BCUT2D eigenvalue weighted by atomic mass is 9.58. The number of ether oxygens (including phenoxy) is 2. The van der Waals surface area contributed by atoms with Gasteiger partial charge in [0, 0.05) is 6.42 Å². The van der Waals surface area contributed by atoms with Crippen LogP contribution >= 0.6 is 0 Å². The molecule has 6 unspecified atom stereocenters. The van der Waals surface area contributed by atoms with Crippen LogP contribution < -0.4 is 0 Å². The summed E-state index contributed by atoms with van der Waals surface area (Å²) in [5.74, 6) is 1.64. The fourth-order valence-electron chi connectivity index (χ4n) is 5.99. The molecule has 2 bridgehead atoms. The first-order valence-electron chi connectivity index (χ1n) is 10.8. The summed E-state index contributed by atoms with van der Waals surface area (Å²) in [6.07, 6.45) is -12.6. The lowest BCUT2D eigenvalue weighted by molar-refractivity contribution is -0.373. The quantitative estimate of drug-likeness (QED) is 0.370. The molecule has 0 saturated heterocycles. The lowest BCUT2D eigenvalue weighted by Crippen LogP contribution is -2.57. The second-order valence-corrected chi connectivity index (χ2v) is 11.4. The van der Waals surface area contributed by atoms with E-state index in [2.05, 4.69) is 41.5 Å². The molecule has 2 rings (SSSR count). The molecule has 0 aromatic heterocycles. The highest BCUT2D eigenvalue weighted by Crippen LogP contribution is 2.63. The summed E-state index contributed by atoms with van der Waals surface area (Å²) < 4.78 is 87.8. The summed E-state index contributed by atoms with van der Waals surface area (Å²) in [5.41, 5.74) is -4.63. The smallest absolute Gasteiger partial charge is 0.374 e. The second-order valence-electron chi connectivity index (χ2n) is 11.4. The number of hydrogen-bond acceptors (Lipinski definition) is 3. The molecule has 0 aliphatic heterocycles. The van der Waals surface area contributed by atoms with Crippen molar-refractivity contribution in [1.82, 2.24) is 0 Å². The summed E-state index contributed by atoms with van der Waals surface area (Å²) in [6.45, 7) is 13.9. The molecule has 6 atom stereocenters.